The molecule has 0 bridgehead atoms. The van der Waals surface area contributed by atoms with E-state index in [1.807, 2.05) is 12.1 Å². The van der Waals surface area contributed by atoms with Crippen LogP contribution in [-0.4, -0.2) is 12.9 Å². The van der Waals surface area contributed by atoms with Gasteiger partial charge in [-0.2, -0.15) is 0 Å². The van der Waals surface area contributed by atoms with Gasteiger partial charge in [-0.15, -0.1) is 11.8 Å². The van der Waals surface area contributed by atoms with Crippen molar-refractivity contribution in [1.29, 1.82) is 0 Å². The zero-order valence-corrected chi connectivity index (χ0v) is 9.06. The van der Waals surface area contributed by atoms with E-state index in [-0.39, 0.29) is 0 Å². The summed E-state index contributed by atoms with van der Waals surface area (Å²) in [7, 11) is 0. The minimum absolute atomic E-state index is 0.828. The third-order valence-electron chi connectivity index (χ3n) is 1.81. The Morgan fingerprint density at radius 1 is 1.38 bits per heavy atom. The molecule has 0 aliphatic carbocycles. The van der Waals surface area contributed by atoms with Crippen molar-refractivity contribution in [3.8, 4) is 5.75 Å². The number of hydrogen-bond acceptors (Lipinski definition) is 2. The summed E-state index contributed by atoms with van der Waals surface area (Å²) >= 11 is 1.74. The molecule has 0 aliphatic rings. The van der Waals surface area contributed by atoms with Gasteiger partial charge in [0, 0.05) is 4.90 Å². The highest BCUT2D eigenvalue weighted by molar-refractivity contribution is 7.98. The van der Waals surface area contributed by atoms with Gasteiger partial charge in [0.15, 0.2) is 0 Å². The minimum atomic E-state index is 0.828. The third-order valence-corrected chi connectivity index (χ3v) is 2.53. The van der Waals surface area contributed by atoms with Gasteiger partial charge in [-0.05, 0) is 30.9 Å². The molecule has 1 aromatic rings. The maximum absolute atomic E-state index is 5.58. The van der Waals surface area contributed by atoms with Crippen LogP contribution >= 0.6 is 11.8 Å². The SMILES string of the molecule is CCCCOc1cccc(SC)c1. The first-order valence-electron chi connectivity index (χ1n) is 4.63. The van der Waals surface area contributed by atoms with Crippen molar-refractivity contribution in [2.75, 3.05) is 12.9 Å². The number of unbranched alkanes of at least 4 members (excludes halogenated alkanes) is 1. The smallest absolute Gasteiger partial charge is 0.120 e. The van der Waals surface area contributed by atoms with Gasteiger partial charge in [-0.1, -0.05) is 19.4 Å². The third kappa shape index (κ3) is 3.73. The van der Waals surface area contributed by atoms with E-state index in [2.05, 4.69) is 25.3 Å². The Balaban J connectivity index is 2.46. The van der Waals surface area contributed by atoms with Crippen molar-refractivity contribution in [3.63, 3.8) is 0 Å². The average Bonchev–Trinajstić information content (AvgIpc) is 2.19. The lowest BCUT2D eigenvalue weighted by Gasteiger charge is -2.05. The molecule has 0 unspecified atom stereocenters. The van der Waals surface area contributed by atoms with Crippen LogP contribution in [0.2, 0.25) is 0 Å². The summed E-state index contributed by atoms with van der Waals surface area (Å²) in [4.78, 5) is 1.26. The summed E-state index contributed by atoms with van der Waals surface area (Å²) in [5, 5.41) is 0. The fourth-order valence-corrected chi connectivity index (χ4v) is 1.47. The van der Waals surface area contributed by atoms with Crippen LogP contribution in [-0.2, 0) is 0 Å². The second-order valence-electron chi connectivity index (χ2n) is 2.88. The predicted molar refractivity (Wildman–Crippen MR) is 58.6 cm³/mol. The molecule has 0 saturated carbocycles. The van der Waals surface area contributed by atoms with Gasteiger partial charge in [0.2, 0.25) is 0 Å². The molecule has 0 aromatic heterocycles. The highest BCUT2D eigenvalue weighted by Crippen LogP contribution is 2.20. The van der Waals surface area contributed by atoms with E-state index in [0.29, 0.717) is 0 Å². The Morgan fingerprint density at radius 3 is 2.92 bits per heavy atom. The standard InChI is InChI=1S/C11H16OS/c1-3-4-8-12-10-6-5-7-11(9-10)13-2/h5-7,9H,3-4,8H2,1-2H3. The van der Waals surface area contributed by atoms with Crippen molar-refractivity contribution in [1.82, 2.24) is 0 Å². The molecule has 0 N–H and O–H groups in total. The molecule has 0 atom stereocenters. The first kappa shape index (κ1) is 10.5. The lowest BCUT2D eigenvalue weighted by molar-refractivity contribution is 0.308. The Morgan fingerprint density at radius 2 is 2.23 bits per heavy atom. The van der Waals surface area contributed by atoms with E-state index in [0.717, 1.165) is 18.8 Å². The van der Waals surface area contributed by atoms with Gasteiger partial charge < -0.3 is 4.74 Å². The van der Waals surface area contributed by atoms with Crippen LogP contribution in [0.5, 0.6) is 5.75 Å². The summed E-state index contributed by atoms with van der Waals surface area (Å²) in [5.41, 5.74) is 0. The van der Waals surface area contributed by atoms with Gasteiger partial charge in [-0.25, -0.2) is 0 Å². The van der Waals surface area contributed by atoms with Crippen LogP contribution in [0.15, 0.2) is 29.2 Å². The number of thioether (sulfide) groups is 1. The topological polar surface area (TPSA) is 9.23 Å². The van der Waals surface area contributed by atoms with Gasteiger partial charge in [0.25, 0.3) is 0 Å². The Bertz CT molecular complexity index is 248. The van der Waals surface area contributed by atoms with E-state index in [9.17, 15) is 0 Å². The van der Waals surface area contributed by atoms with E-state index in [4.69, 9.17) is 4.74 Å². The molecule has 0 radical (unpaired) electrons. The summed E-state index contributed by atoms with van der Waals surface area (Å²) in [6.07, 6.45) is 4.39. The van der Waals surface area contributed by atoms with Crippen molar-refractivity contribution < 1.29 is 4.74 Å². The zero-order chi connectivity index (χ0) is 9.52. The quantitative estimate of drug-likeness (QED) is 0.526. The fraction of sp³-hybridized carbons (Fsp3) is 0.455. The summed E-state index contributed by atoms with van der Waals surface area (Å²) in [5.74, 6) is 0.986. The largest absolute Gasteiger partial charge is 0.494 e. The first-order valence-corrected chi connectivity index (χ1v) is 5.86. The predicted octanol–water partition coefficient (Wildman–Crippen LogP) is 3.59. The van der Waals surface area contributed by atoms with Crippen molar-refractivity contribution in [3.05, 3.63) is 24.3 Å². The number of rotatable bonds is 5. The molecule has 72 valence electrons. The highest BCUT2D eigenvalue weighted by Gasteiger charge is 1.94. The average molecular weight is 196 g/mol. The number of ether oxygens (including phenoxy) is 1. The van der Waals surface area contributed by atoms with Gasteiger partial charge >= 0.3 is 0 Å². The van der Waals surface area contributed by atoms with E-state index in [1.54, 1.807) is 11.8 Å². The van der Waals surface area contributed by atoms with Gasteiger partial charge in [-0.3, -0.25) is 0 Å². The lowest BCUT2D eigenvalue weighted by Crippen LogP contribution is -1.95. The van der Waals surface area contributed by atoms with Crippen LogP contribution in [0, 0.1) is 0 Å². The Hall–Kier alpha value is -0.630. The summed E-state index contributed by atoms with van der Waals surface area (Å²) < 4.78 is 5.58. The summed E-state index contributed by atoms with van der Waals surface area (Å²) in [6.45, 7) is 3.00. The molecular formula is C11H16OS. The van der Waals surface area contributed by atoms with Crippen molar-refractivity contribution >= 4 is 11.8 Å². The first-order chi connectivity index (χ1) is 6.36. The van der Waals surface area contributed by atoms with Crippen LogP contribution < -0.4 is 4.74 Å². The molecule has 0 aliphatic heterocycles. The highest BCUT2D eigenvalue weighted by atomic mass is 32.2. The molecule has 1 nitrogen and oxygen atoms in total. The molecule has 0 fully saturated rings. The molecule has 0 heterocycles. The minimum Gasteiger partial charge on any atom is -0.494 e. The molecule has 2 heteroatoms. The van der Waals surface area contributed by atoms with E-state index < -0.39 is 0 Å². The lowest BCUT2D eigenvalue weighted by atomic mass is 10.3. The van der Waals surface area contributed by atoms with E-state index in [1.165, 1.54) is 11.3 Å². The maximum atomic E-state index is 5.58. The number of hydrogen-bond donors (Lipinski definition) is 0. The van der Waals surface area contributed by atoms with Crippen LogP contribution in [0.3, 0.4) is 0 Å². The number of benzene rings is 1. The van der Waals surface area contributed by atoms with Gasteiger partial charge in [0.1, 0.15) is 5.75 Å². The molecule has 0 amide bonds. The maximum Gasteiger partial charge on any atom is 0.120 e. The molecular weight excluding hydrogens is 180 g/mol. The molecule has 13 heavy (non-hydrogen) atoms. The van der Waals surface area contributed by atoms with Crippen molar-refractivity contribution in [2.24, 2.45) is 0 Å². The monoisotopic (exact) mass is 196 g/mol. The molecule has 0 saturated heterocycles. The van der Waals surface area contributed by atoms with Crippen molar-refractivity contribution in [2.45, 2.75) is 24.7 Å². The molecule has 1 aromatic carbocycles. The van der Waals surface area contributed by atoms with E-state index >= 15 is 0 Å². The second-order valence-corrected chi connectivity index (χ2v) is 3.76. The van der Waals surface area contributed by atoms with Gasteiger partial charge in [0.05, 0.1) is 6.61 Å². The Kier molecular flexibility index (Phi) is 4.76. The normalized spacial score (nSPS) is 10.0. The molecule has 1 rings (SSSR count). The van der Waals surface area contributed by atoms with Crippen LogP contribution in [0.25, 0.3) is 0 Å². The second kappa shape index (κ2) is 5.92. The van der Waals surface area contributed by atoms with Crippen LogP contribution in [0.1, 0.15) is 19.8 Å². The molecule has 0 spiro atoms. The Labute approximate surface area is 84.5 Å². The summed E-state index contributed by atoms with van der Waals surface area (Å²) in [6, 6.07) is 8.22. The van der Waals surface area contributed by atoms with Crippen LogP contribution in [0.4, 0.5) is 0 Å². The fourth-order valence-electron chi connectivity index (χ4n) is 1.03. The zero-order valence-electron chi connectivity index (χ0n) is 8.25.